The summed E-state index contributed by atoms with van der Waals surface area (Å²) < 4.78 is 6.23. The summed E-state index contributed by atoms with van der Waals surface area (Å²) in [6.45, 7) is 0. The Kier molecular flexibility index (Phi) is 8.00. The van der Waals surface area contributed by atoms with E-state index >= 15 is 0 Å². The molecule has 7 nitrogen and oxygen atoms in total. The molecule has 10 rings (SSSR count). The third-order valence-corrected chi connectivity index (χ3v) is 9.59. The highest BCUT2D eigenvalue weighted by molar-refractivity contribution is 6.11. The van der Waals surface area contributed by atoms with Crippen molar-refractivity contribution in [3.05, 3.63) is 182 Å². The Bertz CT molecular complexity index is 2920. The lowest BCUT2D eigenvalue weighted by Crippen LogP contribution is -2.00. The molecule has 258 valence electrons. The zero-order valence-electron chi connectivity index (χ0n) is 29.4. The standard InChI is InChI=1S/C48H30N6O/c1-4-15-31(16-5-1)43-49-44(32-17-6-2-7-18-32)51-46(50-43)36-23-12-21-34(29-36)35-22-13-24-37(30-35)47-52-45(33-19-8-3-9-20-33)53-48(54-47)39-26-14-28-41-42(39)38-25-10-11-27-40(38)55-41/h1-30H. The third kappa shape index (κ3) is 6.19. The predicted octanol–water partition coefficient (Wildman–Crippen LogP) is 11.6. The van der Waals surface area contributed by atoms with E-state index in [-0.39, 0.29) is 0 Å². The van der Waals surface area contributed by atoms with Gasteiger partial charge in [0.15, 0.2) is 34.9 Å². The molecule has 0 fully saturated rings. The van der Waals surface area contributed by atoms with Crippen LogP contribution < -0.4 is 0 Å². The molecule has 0 atom stereocenters. The normalized spacial score (nSPS) is 11.3. The number of nitrogens with zero attached hydrogens (tertiary/aromatic N) is 6. The second-order valence-corrected chi connectivity index (χ2v) is 13.1. The summed E-state index contributed by atoms with van der Waals surface area (Å²) >= 11 is 0. The predicted molar refractivity (Wildman–Crippen MR) is 219 cm³/mol. The third-order valence-electron chi connectivity index (χ3n) is 9.59. The van der Waals surface area contributed by atoms with Gasteiger partial charge in [-0.15, -0.1) is 0 Å². The molecular weight excluding hydrogens is 677 g/mol. The maximum atomic E-state index is 6.23. The van der Waals surface area contributed by atoms with Gasteiger partial charge in [0.1, 0.15) is 11.2 Å². The number of rotatable bonds is 7. The number of aromatic nitrogens is 6. The van der Waals surface area contributed by atoms with Crippen LogP contribution in [0.4, 0.5) is 0 Å². The topological polar surface area (TPSA) is 90.5 Å². The van der Waals surface area contributed by atoms with Crippen molar-refractivity contribution < 1.29 is 4.42 Å². The number of hydrogen-bond acceptors (Lipinski definition) is 7. The molecule has 0 aliphatic heterocycles. The monoisotopic (exact) mass is 706 g/mol. The van der Waals surface area contributed by atoms with Crippen LogP contribution in [0.25, 0.3) is 101 Å². The van der Waals surface area contributed by atoms with Crippen molar-refractivity contribution >= 4 is 21.9 Å². The van der Waals surface area contributed by atoms with Crippen LogP contribution in [0, 0.1) is 0 Å². The molecule has 0 unspecified atom stereocenters. The molecule has 0 saturated heterocycles. The first-order valence-electron chi connectivity index (χ1n) is 18.0. The minimum absolute atomic E-state index is 0.573. The van der Waals surface area contributed by atoms with Crippen LogP contribution in [0.15, 0.2) is 186 Å². The number of fused-ring (bicyclic) bond motifs is 3. The SMILES string of the molecule is c1ccc(-c2nc(-c3ccccc3)nc(-c3cccc(-c4cccc(-c5nc(-c6ccccc6)nc(-c6cccc7oc8ccccc8c67)n5)c4)c3)n2)cc1. The van der Waals surface area contributed by atoms with E-state index in [0.717, 1.165) is 66.4 Å². The lowest BCUT2D eigenvalue weighted by Gasteiger charge is -2.11. The highest BCUT2D eigenvalue weighted by atomic mass is 16.3. The van der Waals surface area contributed by atoms with Gasteiger partial charge in [-0.25, -0.2) is 29.9 Å². The Morgan fingerprint density at radius 2 is 0.636 bits per heavy atom. The van der Waals surface area contributed by atoms with Crippen molar-refractivity contribution in [1.82, 2.24) is 29.9 Å². The second-order valence-electron chi connectivity index (χ2n) is 13.1. The first kappa shape index (κ1) is 32.0. The van der Waals surface area contributed by atoms with Gasteiger partial charge in [0, 0.05) is 44.2 Å². The highest BCUT2D eigenvalue weighted by Crippen LogP contribution is 2.37. The molecule has 0 bridgehead atoms. The zero-order chi connectivity index (χ0) is 36.6. The summed E-state index contributed by atoms with van der Waals surface area (Å²) in [6, 6.07) is 60.7. The molecule has 0 N–H and O–H groups in total. The van der Waals surface area contributed by atoms with Crippen LogP contribution in [0.1, 0.15) is 0 Å². The molecule has 3 aromatic heterocycles. The van der Waals surface area contributed by atoms with Crippen LogP contribution in [0.3, 0.4) is 0 Å². The molecule has 0 spiro atoms. The quantitative estimate of drug-likeness (QED) is 0.163. The van der Waals surface area contributed by atoms with E-state index in [2.05, 4.69) is 30.3 Å². The Morgan fingerprint density at radius 1 is 0.273 bits per heavy atom. The Hall–Kier alpha value is -7.64. The molecule has 7 heteroatoms. The Morgan fingerprint density at radius 3 is 1.15 bits per heavy atom. The highest BCUT2D eigenvalue weighted by Gasteiger charge is 2.18. The van der Waals surface area contributed by atoms with Gasteiger partial charge in [-0.1, -0.05) is 158 Å². The maximum Gasteiger partial charge on any atom is 0.164 e. The first-order valence-corrected chi connectivity index (χ1v) is 18.0. The van der Waals surface area contributed by atoms with E-state index in [0.29, 0.717) is 34.9 Å². The lowest BCUT2D eigenvalue weighted by atomic mass is 10.0. The Balaban J connectivity index is 1.08. The lowest BCUT2D eigenvalue weighted by molar-refractivity contribution is 0.669. The summed E-state index contributed by atoms with van der Waals surface area (Å²) in [5.41, 5.74) is 9.01. The van der Waals surface area contributed by atoms with E-state index in [4.69, 9.17) is 34.3 Å². The number of para-hydroxylation sites is 1. The van der Waals surface area contributed by atoms with Crippen LogP contribution in [-0.4, -0.2) is 29.9 Å². The van der Waals surface area contributed by atoms with Crippen molar-refractivity contribution in [3.8, 4) is 79.5 Å². The van der Waals surface area contributed by atoms with E-state index in [1.54, 1.807) is 0 Å². The summed E-state index contributed by atoms with van der Waals surface area (Å²) in [7, 11) is 0. The molecule has 7 aromatic carbocycles. The second kappa shape index (κ2) is 13.7. The number of benzene rings is 7. The fourth-order valence-corrected chi connectivity index (χ4v) is 6.92. The fraction of sp³-hybridized carbons (Fsp3) is 0. The van der Waals surface area contributed by atoms with Gasteiger partial charge in [0.2, 0.25) is 0 Å². The van der Waals surface area contributed by atoms with Crippen molar-refractivity contribution in [3.63, 3.8) is 0 Å². The molecule has 0 aliphatic carbocycles. The van der Waals surface area contributed by atoms with Crippen LogP contribution in [0.2, 0.25) is 0 Å². The van der Waals surface area contributed by atoms with Gasteiger partial charge in [-0.2, -0.15) is 0 Å². The summed E-state index contributed by atoms with van der Waals surface area (Å²) in [5.74, 6) is 3.58. The molecule has 0 saturated carbocycles. The first-order chi connectivity index (χ1) is 27.2. The van der Waals surface area contributed by atoms with Crippen molar-refractivity contribution in [2.24, 2.45) is 0 Å². The smallest absolute Gasteiger partial charge is 0.164 e. The molecule has 0 amide bonds. The summed E-state index contributed by atoms with van der Waals surface area (Å²) in [6.07, 6.45) is 0. The molecule has 3 heterocycles. The van der Waals surface area contributed by atoms with Gasteiger partial charge in [0.05, 0.1) is 0 Å². The summed E-state index contributed by atoms with van der Waals surface area (Å²) in [5, 5.41) is 1.99. The van der Waals surface area contributed by atoms with Crippen LogP contribution >= 0.6 is 0 Å². The average molecular weight is 707 g/mol. The minimum Gasteiger partial charge on any atom is -0.456 e. The fourth-order valence-electron chi connectivity index (χ4n) is 6.92. The van der Waals surface area contributed by atoms with E-state index < -0.39 is 0 Å². The van der Waals surface area contributed by atoms with Gasteiger partial charge in [-0.3, -0.25) is 0 Å². The van der Waals surface area contributed by atoms with Crippen molar-refractivity contribution in [2.45, 2.75) is 0 Å². The minimum atomic E-state index is 0.573. The molecule has 55 heavy (non-hydrogen) atoms. The zero-order valence-corrected chi connectivity index (χ0v) is 29.4. The molecule has 0 radical (unpaired) electrons. The number of furan rings is 1. The molecule has 0 aliphatic rings. The molecule has 10 aromatic rings. The number of hydrogen-bond donors (Lipinski definition) is 0. The van der Waals surface area contributed by atoms with Crippen LogP contribution in [-0.2, 0) is 0 Å². The van der Waals surface area contributed by atoms with E-state index in [1.807, 2.05) is 152 Å². The largest absolute Gasteiger partial charge is 0.456 e. The Labute approximate surface area is 316 Å². The van der Waals surface area contributed by atoms with Gasteiger partial charge < -0.3 is 4.42 Å². The van der Waals surface area contributed by atoms with Gasteiger partial charge in [0.25, 0.3) is 0 Å². The summed E-state index contributed by atoms with van der Waals surface area (Å²) in [4.78, 5) is 30.0. The van der Waals surface area contributed by atoms with Gasteiger partial charge >= 0.3 is 0 Å². The van der Waals surface area contributed by atoms with Gasteiger partial charge in [-0.05, 0) is 35.4 Å². The maximum absolute atomic E-state index is 6.23. The van der Waals surface area contributed by atoms with E-state index in [9.17, 15) is 0 Å². The van der Waals surface area contributed by atoms with Crippen molar-refractivity contribution in [1.29, 1.82) is 0 Å². The van der Waals surface area contributed by atoms with E-state index in [1.165, 1.54) is 0 Å². The average Bonchev–Trinajstić information content (AvgIpc) is 3.66. The van der Waals surface area contributed by atoms with Crippen molar-refractivity contribution in [2.75, 3.05) is 0 Å². The van der Waals surface area contributed by atoms with Crippen LogP contribution in [0.5, 0.6) is 0 Å². The molecular formula is C48H30N6O.